The monoisotopic (exact) mass is 272 g/mol. The molecule has 5 nitrogen and oxygen atoms in total. The maximum Gasteiger partial charge on any atom is 0.249 e. The maximum atomic E-state index is 11.3. The molecule has 1 heterocycles. The summed E-state index contributed by atoms with van der Waals surface area (Å²) in [5.74, 6) is -0.404. The van der Waals surface area contributed by atoms with Crippen LogP contribution in [0.3, 0.4) is 0 Å². The molecule has 3 N–H and O–H groups in total. The van der Waals surface area contributed by atoms with Crippen molar-refractivity contribution in [3.05, 3.63) is 47.3 Å². The highest BCUT2D eigenvalue weighted by Gasteiger charge is 2.08. The summed E-state index contributed by atoms with van der Waals surface area (Å²) < 4.78 is 1.92. The fraction of sp³-hybridized carbons (Fsp3) is 0.333. The molecular weight excluding hydrogens is 252 g/mol. The summed E-state index contributed by atoms with van der Waals surface area (Å²) >= 11 is 0. The van der Waals surface area contributed by atoms with Crippen molar-refractivity contribution in [3.8, 4) is 0 Å². The Bertz CT molecular complexity index is 616. The van der Waals surface area contributed by atoms with Crippen LogP contribution in [0.5, 0.6) is 0 Å². The third kappa shape index (κ3) is 2.99. The summed E-state index contributed by atoms with van der Waals surface area (Å²) in [7, 11) is 0. The molecule has 0 fully saturated rings. The van der Waals surface area contributed by atoms with E-state index in [2.05, 4.69) is 24.3 Å². The number of amides is 1. The zero-order chi connectivity index (χ0) is 14.7. The van der Waals surface area contributed by atoms with Crippen LogP contribution in [0.1, 0.15) is 41.4 Å². The predicted molar refractivity (Wildman–Crippen MR) is 79.6 cm³/mol. The van der Waals surface area contributed by atoms with Crippen LogP contribution < -0.4 is 11.1 Å². The van der Waals surface area contributed by atoms with Gasteiger partial charge in [0.05, 0.1) is 6.20 Å². The number of nitrogens with zero attached hydrogens (tertiary/aromatic N) is 2. The molecule has 1 aromatic heterocycles. The molecule has 20 heavy (non-hydrogen) atoms. The number of hydrogen-bond donors (Lipinski definition) is 2. The Morgan fingerprint density at radius 2 is 2.20 bits per heavy atom. The van der Waals surface area contributed by atoms with E-state index in [0.29, 0.717) is 18.2 Å². The Balaban J connectivity index is 2.10. The normalized spacial score (nSPS) is 10.8. The van der Waals surface area contributed by atoms with E-state index in [1.165, 1.54) is 0 Å². The molecule has 0 atom stereocenters. The number of aromatic nitrogens is 2. The largest absolute Gasteiger partial charge is 0.381 e. The van der Waals surface area contributed by atoms with Crippen LogP contribution in [0.15, 0.2) is 30.6 Å². The molecule has 0 saturated heterocycles. The van der Waals surface area contributed by atoms with E-state index in [9.17, 15) is 4.79 Å². The SMILES string of the molecule is Cc1c(NCc2cnn(C(C)C)c2)cccc1C(N)=O. The minimum atomic E-state index is -0.404. The maximum absolute atomic E-state index is 11.3. The van der Waals surface area contributed by atoms with Gasteiger partial charge in [-0.15, -0.1) is 0 Å². The van der Waals surface area contributed by atoms with Crippen LogP contribution in [0, 0.1) is 6.92 Å². The van der Waals surface area contributed by atoms with Crippen molar-refractivity contribution < 1.29 is 4.79 Å². The molecule has 0 spiro atoms. The summed E-state index contributed by atoms with van der Waals surface area (Å²) in [5, 5.41) is 7.61. The average molecular weight is 272 g/mol. The topological polar surface area (TPSA) is 72.9 Å². The Labute approximate surface area is 118 Å². The predicted octanol–water partition coefficient (Wildman–Crippen LogP) is 2.48. The van der Waals surface area contributed by atoms with Crippen LogP contribution in [0.25, 0.3) is 0 Å². The molecule has 0 bridgehead atoms. The van der Waals surface area contributed by atoms with Crippen LogP contribution in [0.2, 0.25) is 0 Å². The van der Waals surface area contributed by atoms with Crippen molar-refractivity contribution in [2.75, 3.05) is 5.32 Å². The van der Waals surface area contributed by atoms with Crippen molar-refractivity contribution in [1.82, 2.24) is 9.78 Å². The minimum Gasteiger partial charge on any atom is -0.381 e. The first-order valence-electron chi connectivity index (χ1n) is 6.65. The summed E-state index contributed by atoms with van der Waals surface area (Å²) in [6.45, 7) is 6.73. The van der Waals surface area contributed by atoms with Crippen molar-refractivity contribution in [2.45, 2.75) is 33.4 Å². The molecule has 0 aliphatic heterocycles. The fourth-order valence-corrected chi connectivity index (χ4v) is 2.04. The van der Waals surface area contributed by atoms with E-state index in [1.807, 2.05) is 36.1 Å². The lowest BCUT2D eigenvalue weighted by molar-refractivity contribution is 0.1000. The first kappa shape index (κ1) is 14.1. The minimum absolute atomic E-state index is 0.351. The first-order valence-corrected chi connectivity index (χ1v) is 6.65. The number of benzene rings is 1. The van der Waals surface area contributed by atoms with Crippen molar-refractivity contribution in [2.24, 2.45) is 5.73 Å². The van der Waals surface area contributed by atoms with Gasteiger partial charge in [0.1, 0.15) is 0 Å². The molecule has 1 aromatic carbocycles. The van der Waals surface area contributed by atoms with E-state index in [1.54, 1.807) is 6.07 Å². The summed E-state index contributed by atoms with van der Waals surface area (Å²) in [5.41, 5.74) is 8.78. The summed E-state index contributed by atoms with van der Waals surface area (Å²) in [4.78, 5) is 11.3. The molecule has 0 unspecified atom stereocenters. The highest BCUT2D eigenvalue weighted by Crippen LogP contribution is 2.19. The number of carbonyl (C=O) groups is 1. The zero-order valence-electron chi connectivity index (χ0n) is 12.1. The third-order valence-electron chi connectivity index (χ3n) is 3.27. The summed E-state index contributed by atoms with van der Waals surface area (Å²) in [6.07, 6.45) is 3.87. The van der Waals surface area contributed by atoms with Gasteiger partial charge in [0.2, 0.25) is 5.91 Å². The lowest BCUT2D eigenvalue weighted by atomic mass is 10.1. The van der Waals surface area contributed by atoms with Gasteiger partial charge in [-0.3, -0.25) is 9.48 Å². The lowest BCUT2D eigenvalue weighted by Gasteiger charge is -2.11. The molecule has 5 heteroatoms. The van der Waals surface area contributed by atoms with Crippen LogP contribution in [0.4, 0.5) is 5.69 Å². The van der Waals surface area contributed by atoms with E-state index >= 15 is 0 Å². The Morgan fingerprint density at radius 3 is 2.80 bits per heavy atom. The van der Waals surface area contributed by atoms with Crippen molar-refractivity contribution in [3.63, 3.8) is 0 Å². The Kier molecular flexibility index (Phi) is 4.08. The zero-order valence-corrected chi connectivity index (χ0v) is 12.1. The standard InChI is InChI=1S/C15H20N4O/c1-10(2)19-9-12(8-18-19)7-17-14-6-4-5-13(11(14)3)15(16)20/h4-6,8-10,17H,7H2,1-3H3,(H2,16,20). The van der Waals surface area contributed by atoms with Gasteiger partial charge in [-0.25, -0.2) is 0 Å². The highest BCUT2D eigenvalue weighted by molar-refractivity contribution is 5.95. The van der Waals surface area contributed by atoms with Gasteiger partial charge in [0.25, 0.3) is 0 Å². The van der Waals surface area contributed by atoms with E-state index in [-0.39, 0.29) is 0 Å². The van der Waals surface area contributed by atoms with Crippen molar-refractivity contribution >= 4 is 11.6 Å². The van der Waals surface area contributed by atoms with Gasteiger partial charge in [-0.1, -0.05) is 6.07 Å². The molecule has 1 amide bonds. The van der Waals surface area contributed by atoms with Gasteiger partial charge >= 0.3 is 0 Å². The number of rotatable bonds is 5. The second kappa shape index (κ2) is 5.77. The number of nitrogens with two attached hydrogens (primary N) is 1. The van der Waals surface area contributed by atoms with E-state index in [0.717, 1.165) is 16.8 Å². The smallest absolute Gasteiger partial charge is 0.249 e. The second-order valence-electron chi connectivity index (χ2n) is 5.12. The number of hydrogen-bond acceptors (Lipinski definition) is 3. The Morgan fingerprint density at radius 1 is 1.45 bits per heavy atom. The lowest BCUT2D eigenvalue weighted by Crippen LogP contribution is -2.13. The van der Waals surface area contributed by atoms with Crippen LogP contribution >= 0.6 is 0 Å². The second-order valence-corrected chi connectivity index (χ2v) is 5.12. The molecule has 0 aliphatic carbocycles. The van der Waals surface area contributed by atoms with Gasteiger partial charge in [0.15, 0.2) is 0 Å². The molecule has 0 saturated carbocycles. The van der Waals surface area contributed by atoms with Gasteiger partial charge in [-0.2, -0.15) is 5.10 Å². The first-order chi connectivity index (χ1) is 9.49. The van der Waals surface area contributed by atoms with Crippen molar-refractivity contribution in [1.29, 1.82) is 0 Å². The average Bonchev–Trinajstić information content (AvgIpc) is 2.86. The molecular formula is C15H20N4O. The number of primary amides is 1. The van der Waals surface area contributed by atoms with Gasteiger partial charge in [-0.05, 0) is 38.5 Å². The number of anilines is 1. The Hall–Kier alpha value is -2.30. The van der Waals surface area contributed by atoms with Gasteiger partial charge in [0, 0.05) is 35.6 Å². The molecule has 0 aliphatic rings. The summed E-state index contributed by atoms with van der Waals surface area (Å²) in [6, 6.07) is 5.85. The molecule has 2 rings (SSSR count). The molecule has 2 aromatic rings. The quantitative estimate of drug-likeness (QED) is 0.878. The van der Waals surface area contributed by atoms with Crippen LogP contribution in [-0.2, 0) is 6.54 Å². The highest BCUT2D eigenvalue weighted by atomic mass is 16.1. The molecule has 0 radical (unpaired) electrons. The van der Waals surface area contributed by atoms with E-state index in [4.69, 9.17) is 5.73 Å². The fourth-order valence-electron chi connectivity index (χ4n) is 2.04. The number of nitrogens with one attached hydrogen (secondary N) is 1. The number of carbonyl (C=O) groups excluding carboxylic acids is 1. The third-order valence-corrected chi connectivity index (χ3v) is 3.27. The van der Waals surface area contributed by atoms with E-state index < -0.39 is 5.91 Å². The van der Waals surface area contributed by atoms with Crippen LogP contribution in [-0.4, -0.2) is 15.7 Å². The van der Waals surface area contributed by atoms with Gasteiger partial charge < -0.3 is 11.1 Å². The molecule has 106 valence electrons.